The van der Waals surface area contributed by atoms with Crippen molar-refractivity contribution in [3.05, 3.63) is 82.5 Å². The second-order valence-corrected chi connectivity index (χ2v) is 9.33. The van der Waals surface area contributed by atoms with Gasteiger partial charge >= 0.3 is 0 Å². The second kappa shape index (κ2) is 5.46. The molecule has 1 heteroatoms. The maximum atomic E-state index is 2.42. The first kappa shape index (κ1) is 15.3. The van der Waals surface area contributed by atoms with Crippen molar-refractivity contribution in [2.24, 2.45) is 0 Å². The molecule has 0 atom stereocenters. The molecule has 1 aromatic heterocycles. The molecule has 134 valence electrons. The molecule has 0 nitrogen and oxygen atoms in total. The molecule has 0 amide bonds. The average Bonchev–Trinajstić information content (AvgIpc) is 3.32. The van der Waals surface area contributed by atoms with Gasteiger partial charge < -0.3 is 0 Å². The van der Waals surface area contributed by atoms with Crippen molar-refractivity contribution in [3.8, 4) is 0 Å². The molecule has 0 saturated carbocycles. The van der Waals surface area contributed by atoms with Gasteiger partial charge in [-0.05, 0) is 82.3 Å². The van der Waals surface area contributed by atoms with Crippen molar-refractivity contribution in [1.29, 1.82) is 0 Å². The number of allylic oxidation sites excluding steroid dienone is 5. The minimum absolute atomic E-state index is 1.11. The first-order valence-corrected chi connectivity index (χ1v) is 11.2. The highest BCUT2D eigenvalue weighted by atomic mass is 32.1. The fourth-order valence-corrected chi connectivity index (χ4v) is 6.96. The van der Waals surface area contributed by atoms with E-state index in [9.17, 15) is 0 Å². The third-order valence-corrected chi connectivity index (χ3v) is 8.05. The summed E-state index contributed by atoms with van der Waals surface area (Å²) in [5, 5.41) is 5.91. The summed E-state index contributed by atoms with van der Waals surface area (Å²) in [5.74, 6) is 0. The monoisotopic (exact) mass is 376 g/mol. The predicted octanol–water partition coefficient (Wildman–Crippen LogP) is 7.83. The maximum Gasteiger partial charge on any atom is 0.0399 e. The largest absolute Gasteiger partial charge is 0.135 e. The van der Waals surface area contributed by atoms with Crippen LogP contribution in [0.2, 0.25) is 0 Å². The van der Waals surface area contributed by atoms with Gasteiger partial charge in [-0.1, -0.05) is 54.6 Å². The molecule has 0 unspecified atom stereocenters. The molecular weight excluding hydrogens is 356 g/mol. The summed E-state index contributed by atoms with van der Waals surface area (Å²) in [5.41, 5.74) is 9.35. The number of benzene rings is 3. The van der Waals surface area contributed by atoms with Crippen LogP contribution in [-0.4, -0.2) is 0 Å². The molecule has 3 aromatic carbocycles. The number of fused-ring (bicyclic) bond motifs is 11. The van der Waals surface area contributed by atoms with Crippen LogP contribution in [-0.2, 0) is 12.8 Å². The Kier molecular flexibility index (Phi) is 2.98. The Labute approximate surface area is 168 Å². The Hall–Kier alpha value is -2.64. The van der Waals surface area contributed by atoms with Crippen LogP contribution in [0.25, 0.3) is 42.6 Å². The molecule has 3 aliphatic rings. The van der Waals surface area contributed by atoms with E-state index >= 15 is 0 Å². The van der Waals surface area contributed by atoms with Crippen LogP contribution < -0.4 is 0 Å². The van der Waals surface area contributed by atoms with Gasteiger partial charge in [-0.15, -0.1) is 11.3 Å². The van der Waals surface area contributed by atoms with Gasteiger partial charge in [-0.2, -0.15) is 0 Å². The smallest absolute Gasteiger partial charge is 0.0399 e. The highest BCUT2D eigenvalue weighted by Crippen LogP contribution is 2.50. The van der Waals surface area contributed by atoms with Crippen molar-refractivity contribution < 1.29 is 0 Å². The van der Waals surface area contributed by atoms with Crippen molar-refractivity contribution in [1.82, 2.24) is 0 Å². The average molecular weight is 377 g/mol. The van der Waals surface area contributed by atoms with Gasteiger partial charge in [0.2, 0.25) is 0 Å². The minimum atomic E-state index is 1.11. The van der Waals surface area contributed by atoms with Crippen LogP contribution in [0.1, 0.15) is 41.5 Å². The Morgan fingerprint density at radius 3 is 2.68 bits per heavy atom. The van der Waals surface area contributed by atoms with E-state index in [0.29, 0.717) is 0 Å². The molecule has 0 spiro atoms. The molecule has 0 N–H and O–H groups in total. The van der Waals surface area contributed by atoms with Gasteiger partial charge in [0.05, 0.1) is 0 Å². The van der Waals surface area contributed by atoms with E-state index in [1.54, 1.807) is 22.3 Å². The minimum Gasteiger partial charge on any atom is -0.135 e. The van der Waals surface area contributed by atoms with E-state index in [0.717, 1.165) is 12.8 Å². The van der Waals surface area contributed by atoms with Crippen LogP contribution in [0.15, 0.2) is 60.2 Å². The Balaban J connectivity index is 1.75. The van der Waals surface area contributed by atoms with E-state index in [1.165, 1.54) is 61.3 Å². The lowest BCUT2D eigenvalue weighted by atomic mass is 9.84. The van der Waals surface area contributed by atoms with E-state index in [4.69, 9.17) is 0 Å². The van der Waals surface area contributed by atoms with Crippen LogP contribution >= 0.6 is 11.3 Å². The van der Waals surface area contributed by atoms with Crippen molar-refractivity contribution in [2.75, 3.05) is 0 Å². The molecule has 0 bridgehead atoms. The SMILES string of the molecule is C1=CC2=C(CC1)c1c(ccc3c1c1c(c4sc5ccccc5c43)CCC=C1)C2. The Morgan fingerprint density at radius 2 is 1.68 bits per heavy atom. The van der Waals surface area contributed by atoms with Gasteiger partial charge in [0.25, 0.3) is 0 Å². The molecule has 0 aliphatic heterocycles. The van der Waals surface area contributed by atoms with Gasteiger partial charge in [0.1, 0.15) is 0 Å². The van der Waals surface area contributed by atoms with E-state index < -0.39 is 0 Å². The van der Waals surface area contributed by atoms with Crippen molar-refractivity contribution in [2.45, 2.75) is 32.1 Å². The van der Waals surface area contributed by atoms with Crippen molar-refractivity contribution in [3.63, 3.8) is 0 Å². The zero-order chi connectivity index (χ0) is 18.2. The normalized spacial score (nSPS) is 17.6. The van der Waals surface area contributed by atoms with Crippen LogP contribution in [0.4, 0.5) is 0 Å². The van der Waals surface area contributed by atoms with Crippen LogP contribution in [0.5, 0.6) is 0 Å². The molecule has 7 rings (SSSR count). The molecule has 0 radical (unpaired) electrons. The summed E-state index contributed by atoms with van der Waals surface area (Å²) in [4.78, 5) is 0. The van der Waals surface area contributed by atoms with Gasteiger partial charge in [0, 0.05) is 20.2 Å². The number of rotatable bonds is 0. The topological polar surface area (TPSA) is 0 Å². The molecule has 28 heavy (non-hydrogen) atoms. The quantitative estimate of drug-likeness (QED) is 0.293. The Morgan fingerprint density at radius 1 is 0.786 bits per heavy atom. The molecule has 1 heterocycles. The number of hydrogen-bond acceptors (Lipinski definition) is 1. The highest BCUT2D eigenvalue weighted by molar-refractivity contribution is 7.26. The maximum absolute atomic E-state index is 2.42. The van der Waals surface area contributed by atoms with Gasteiger partial charge in [-0.25, -0.2) is 0 Å². The predicted molar refractivity (Wildman–Crippen MR) is 123 cm³/mol. The summed E-state index contributed by atoms with van der Waals surface area (Å²) in [6.45, 7) is 0. The number of hydrogen-bond donors (Lipinski definition) is 0. The third kappa shape index (κ3) is 1.85. The Bertz CT molecular complexity index is 1420. The lowest BCUT2D eigenvalue weighted by molar-refractivity contribution is 1.00. The van der Waals surface area contributed by atoms with Crippen LogP contribution in [0, 0.1) is 0 Å². The van der Waals surface area contributed by atoms with Crippen molar-refractivity contribution >= 4 is 53.9 Å². The molecule has 0 saturated heterocycles. The third-order valence-electron chi connectivity index (χ3n) is 6.82. The first-order valence-electron chi connectivity index (χ1n) is 10.4. The fraction of sp³-hybridized carbons (Fsp3) is 0.185. The lowest BCUT2D eigenvalue weighted by Crippen LogP contribution is -1.99. The van der Waals surface area contributed by atoms with Gasteiger partial charge in [0.15, 0.2) is 0 Å². The summed E-state index contributed by atoms with van der Waals surface area (Å²) in [7, 11) is 0. The number of aryl methyl sites for hydroxylation is 1. The zero-order valence-electron chi connectivity index (χ0n) is 15.7. The lowest BCUT2D eigenvalue weighted by Gasteiger charge is -2.20. The second-order valence-electron chi connectivity index (χ2n) is 8.28. The molecule has 3 aliphatic carbocycles. The summed E-state index contributed by atoms with van der Waals surface area (Å²) in [6.07, 6.45) is 15.3. The standard InChI is InChI=1S/C27H20S/c1-2-8-18-16(7-1)15-17-13-14-22-25(24(17)18)19-9-3-4-10-20(19)27-26(22)21-11-5-6-12-23(21)28-27/h1,3,5-7,9,11-14H,2,4,8,10,15H2. The zero-order valence-corrected chi connectivity index (χ0v) is 16.5. The molecular formula is C27H20S. The number of thiophene rings is 1. The van der Waals surface area contributed by atoms with E-state index in [-0.39, 0.29) is 0 Å². The fourth-order valence-electron chi connectivity index (χ4n) is 5.66. The summed E-state index contributed by atoms with van der Waals surface area (Å²) < 4.78 is 2.94. The molecule has 0 fully saturated rings. The summed E-state index contributed by atoms with van der Waals surface area (Å²) in [6, 6.07) is 13.8. The highest BCUT2D eigenvalue weighted by Gasteiger charge is 2.27. The van der Waals surface area contributed by atoms with E-state index in [1.807, 2.05) is 11.3 Å². The van der Waals surface area contributed by atoms with E-state index in [2.05, 4.69) is 60.7 Å². The van der Waals surface area contributed by atoms with Gasteiger partial charge in [-0.3, -0.25) is 0 Å². The van der Waals surface area contributed by atoms with Crippen LogP contribution in [0.3, 0.4) is 0 Å². The summed E-state index contributed by atoms with van der Waals surface area (Å²) >= 11 is 1.99. The molecule has 4 aromatic rings. The first-order chi connectivity index (χ1) is 13.9.